The molecule has 1 aromatic carbocycles. The Morgan fingerprint density at radius 1 is 1.25 bits per heavy atom. The van der Waals surface area contributed by atoms with E-state index in [-0.39, 0.29) is 6.04 Å². The quantitative estimate of drug-likeness (QED) is 0.352. The van der Waals surface area contributed by atoms with E-state index in [1.54, 1.807) is 19.4 Å². The van der Waals surface area contributed by atoms with Crippen molar-refractivity contribution in [1.82, 2.24) is 15.6 Å². The number of nitrogens with zero attached hydrogens (tertiary/aromatic N) is 2. The molecule has 3 aromatic rings. The van der Waals surface area contributed by atoms with Crippen molar-refractivity contribution in [1.29, 1.82) is 0 Å². The van der Waals surface area contributed by atoms with Crippen molar-refractivity contribution in [3.63, 3.8) is 0 Å². The van der Waals surface area contributed by atoms with Crippen LogP contribution in [0.3, 0.4) is 0 Å². The molecule has 2 aromatic heterocycles. The van der Waals surface area contributed by atoms with Gasteiger partial charge in [0.15, 0.2) is 17.3 Å². The van der Waals surface area contributed by atoms with Gasteiger partial charge in [-0.15, -0.1) is 0 Å². The predicted molar refractivity (Wildman–Crippen MR) is 110 cm³/mol. The van der Waals surface area contributed by atoms with Crippen molar-refractivity contribution < 1.29 is 13.9 Å². The van der Waals surface area contributed by atoms with E-state index in [0.29, 0.717) is 25.7 Å². The molecular formula is C21H26N4O3. The summed E-state index contributed by atoms with van der Waals surface area (Å²) in [7, 11) is 1.73. The zero-order valence-electron chi connectivity index (χ0n) is 16.4. The second kappa shape index (κ2) is 9.64. The van der Waals surface area contributed by atoms with E-state index in [2.05, 4.69) is 20.6 Å². The maximum atomic E-state index is 6.04. The summed E-state index contributed by atoms with van der Waals surface area (Å²) in [5, 5.41) is 7.58. The summed E-state index contributed by atoms with van der Waals surface area (Å²) < 4.78 is 17.3. The van der Waals surface area contributed by atoms with Crippen LogP contribution in [0.1, 0.15) is 25.6 Å². The minimum Gasteiger partial charge on any atom is -0.490 e. The highest BCUT2D eigenvalue weighted by Crippen LogP contribution is 2.31. The van der Waals surface area contributed by atoms with Crippen LogP contribution in [0.5, 0.6) is 11.5 Å². The molecule has 0 saturated heterocycles. The van der Waals surface area contributed by atoms with Crippen LogP contribution in [0, 0.1) is 0 Å². The Hall–Kier alpha value is -3.22. The van der Waals surface area contributed by atoms with E-state index in [9.17, 15) is 0 Å². The highest BCUT2D eigenvalue weighted by Gasteiger charge is 2.15. The maximum absolute atomic E-state index is 6.04. The fraction of sp³-hybridized carbons (Fsp3) is 0.333. The molecule has 0 saturated carbocycles. The number of hydrogen-bond acceptors (Lipinski definition) is 5. The predicted octanol–water partition coefficient (Wildman–Crippen LogP) is 3.53. The van der Waals surface area contributed by atoms with Crippen molar-refractivity contribution in [2.75, 3.05) is 26.8 Å². The highest BCUT2D eigenvalue weighted by molar-refractivity contribution is 5.84. The number of hydrogen-bond donors (Lipinski definition) is 2. The molecule has 0 aliphatic heterocycles. The molecule has 0 aliphatic rings. The first kappa shape index (κ1) is 19.5. The van der Waals surface area contributed by atoms with E-state index >= 15 is 0 Å². The van der Waals surface area contributed by atoms with Crippen LogP contribution < -0.4 is 20.1 Å². The van der Waals surface area contributed by atoms with Crippen molar-refractivity contribution >= 4 is 16.9 Å². The van der Waals surface area contributed by atoms with Gasteiger partial charge in [0.2, 0.25) is 0 Å². The van der Waals surface area contributed by atoms with Gasteiger partial charge in [0, 0.05) is 18.6 Å². The number of para-hydroxylation sites is 1. The van der Waals surface area contributed by atoms with Crippen LogP contribution in [-0.4, -0.2) is 37.7 Å². The number of furan rings is 1. The van der Waals surface area contributed by atoms with E-state index in [1.807, 2.05) is 50.2 Å². The van der Waals surface area contributed by atoms with Crippen LogP contribution in [0.15, 0.2) is 58.2 Å². The van der Waals surface area contributed by atoms with Crippen molar-refractivity contribution in [2.45, 2.75) is 19.9 Å². The van der Waals surface area contributed by atoms with Crippen LogP contribution in [0.4, 0.5) is 0 Å². The van der Waals surface area contributed by atoms with Crippen LogP contribution >= 0.6 is 0 Å². The summed E-state index contributed by atoms with van der Waals surface area (Å²) in [6, 6.07) is 11.6. The molecule has 28 heavy (non-hydrogen) atoms. The summed E-state index contributed by atoms with van der Waals surface area (Å²) in [5.74, 6) is 2.99. The fourth-order valence-corrected chi connectivity index (χ4v) is 2.78. The average Bonchev–Trinajstić information content (AvgIpc) is 3.17. The van der Waals surface area contributed by atoms with Crippen molar-refractivity contribution in [3.05, 3.63) is 54.6 Å². The monoisotopic (exact) mass is 382 g/mol. The van der Waals surface area contributed by atoms with E-state index in [4.69, 9.17) is 13.9 Å². The van der Waals surface area contributed by atoms with E-state index in [0.717, 1.165) is 28.2 Å². The molecule has 0 radical (unpaired) electrons. The Morgan fingerprint density at radius 2 is 2.14 bits per heavy atom. The summed E-state index contributed by atoms with van der Waals surface area (Å²) in [6.45, 7) is 5.69. The minimum atomic E-state index is -0.0627. The van der Waals surface area contributed by atoms with Gasteiger partial charge in [0.05, 0.1) is 25.4 Å². The number of benzene rings is 1. The molecule has 0 fully saturated rings. The minimum absolute atomic E-state index is 0.0627. The molecule has 2 N–H and O–H groups in total. The van der Waals surface area contributed by atoms with Gasteiger partial charge in [0.25, 0.3) is 0 Å². The molecule has 1 unspecified atom stereocenters. The van der Waals surface area contributed by atoms with Gasteiger partial charge in [-0.2, -0.15) is 0 Å². The van der Waals surface area contributed by atoms with E-state index in [1.165, 1.54) is 0 Å². The van der Waals surface area contributed by atoms with Gasteiger partial charge in [-0.05, 0) is 38.1 Å². The Balaban J connectivity index is 1.55. The standard InChI is InChI=1S/C21H26N4O3/c1-4-26-18-9-5-7-16-13-19(28-20(16)18)15(2)25-21(22-3)24-11-12-27-17-8-6-10-23-14-17/h5-10,13-15H,4,11-12H2,1-3H3,(H2,22,24,25). The second-order valence-electron chi connectivity index (χ2n) is 6.16. The lowest BCUT2D eigenvalue weighted by molar-refractivity contribution is 0.320. The Bertz CT molecular complexity index is 908. The number of guanidine groups is 1. The van der Waals surface area contributed by atoms with Gasteiger partial charge < -0.3 is 24.5 Å². The maximum Gasteiger partial charge on any atom is 0.191 e. The average molecular weight is 382 g/mol. The molecule has 0 spiro atoms. The molecule has 3 rings (SSSR count). The van der Waals surface area contributed by atoms with Crippen molar-refractivity contribution in [2.24, 2.45) is 4.99 Å². The van der Waals surface area contributed by atoms with Crippen molar-refractivity contribution in [3.8, 4) is 11.5 Å². The molecule has 0 aliphatic carbocycles. The zero-order valence-corrected chi connectivity index (χ0v) is 16.4. The molecule has 0 bridgehead atoms. The zero-order chi connectivity index (χ0) is 19.8. The number of fused-ring (bicyclic) bond motifs is 1. The lowest BCUT2D eigenvalue weighted by Crippen LogP contribution is -2.40. The largest absolute Gasteiger partial charge is 0.490 e. The molecule has 7 heteroatoms. The number of aliphatic imine (C=N–C) groups is 1. The van der Waals surface area contributed by atoms with Crippen LogP contribution in [-0.2, 0) is 0 Å². The lowest BCUT2D eigenvalue weighted by atomic mass is 10.2. The molecule has 1 atom stereocenters. The molecule has 7 nitrogen and oxygen atoms in total. The number of ether oxygens (including phenoxy) is 2. The lowest BCUT2D eigenvalue weighted by Gasteiger charge is -2.16. The number of nitrogens with one attached hydrogen (secondary N) is 2. The summed E-state index contributed by atoms with van der Waals surface area (Å²) >= 11 is 0. The molecular weight excluding hydrogens is 356 g/mol. The van der Waals surface area contributed by atoms with Gasteiger partial charge >= 0.3 is 0 Å². The first-order valence-corrected chi connectivity index (χ1v) is 9.36. The number of rotatable bonds is 8. The fourth-order valence-electron chi connectivity index (χ4n) is 2.78. The van der Waals surface area contributed by atoms with Crippen LogP contribution in [0.2, 0.25) is 0 Å². The van der Waals surface area contributed by atoms with Gasteiger partial charge in [-0.3, -0.25) is 9.98 Å². The van der Waals surface area contributed by atoms with Gasteiger partial charge in [0.1, 0.15) is 18.1 Å². The highest BCUT2D eigenvalue weighted by atomic mass is 16.5. The third-order valence-electron chi connectivity index (χ3n) is 4.13. The first-order valence-electron chi connectivity index (χ1n) is 9.36. The SMILES string of the molecule is CCOc1cccc2cc(C(C)NC(=NC)NCCOc3cccnc3)oc12. The van der Waals surface area contributed by atoms with Crippen LogP contribution in [0.25, 0.3) is 11.0 Å². The Kier molecular flexibility index (Phi) is 6.73. The molecule has 0 amide bonds. The van der Waals surface area contributed by atoms with Gasteiger partial charge in [-0.25, -0.2) is 0 Å². The Morgan fingerprint density at radius 3 is 2.89 bits per heavy atom. The first-order chi connectivity index (χ1) is 13.7. The smallest absolute Gasteiger partial charge is 0.191 e. The summed E-state index contributed by atoms with van der Waals surface area (Å²) in [5.41, 5.74) is 0.765. The Labute approximate surface area is 164 Å². The summed E-state index contributed by atoms with van der Waals surface area (Å²) in [4.78, 5) is 8.28. The number of pyridine rings is 1. The third kappa shape index (κ3) is 4.94. The van der Waals surface area contributed by atoms with Gasteiger partial charge in [-0.1, -0.05) is 12.1 Å². The molecule has 148 valence electrons. The second-order valence-corrected chi connectivity index (χ2v) is 6.16. The molecule has 2 heterocycles. The number of aromatic nitrogens is 1. The van der Waals surface area contributed by atoms with E-state index < -0.39 is 0 Å². The normalized spacial score (nSPS) is 12.6. The topological polar surface area (TPSA) is 80.9 Å². The summed E-state index contributed by atoms with van der Waals surface area (Å²) in [6.07, 6.45) is 3.40. The third-order valence-corrected chi connectivity index (χ3v) is 4.13.